The molecule has 0 spiro atoms. The van der Waals surface area contributed by atoms with E-state index >= 15 is 0 Å². The molecule has 2 aromatic rings. The van der Waals surface area contributed by atoms with E-state index in [1.165, 1.54) is 11.3 Å². The normalized spacial score (nSPS) is 12.1. The third kappa shape index (κ3) is 4.27. The molecule has 1 aromatic carbocycles. The molecule has 1 unspecified atom stereocenters. The standard InChI is InChI=1S/C15H17ClN2O2S/c1-2-10(19)7-8-17-14(20)13-9-21-15(18-13)11-5-3-4-6-12(11)16/h3-6,9-10,19H,2,7-8H2,1H3,(H,17,20). The zero-order chi connectivity index (χ0) is 15.2. The van der Waals surface area contributed by atoms with Crippen molar-refractivity contribution in [3.63, 3.8) is 0 Å². The molecule has 4 nitrogen and oxygen atoms in total. The van der Waals surface area contributed by atoms with E-state index < -0.39 is 0 Å². The van der Waals surface area contributed by atoms with Crippen LogP contribution in [0.3, 0.4) is 0 Å². The van der Waals surface area contributed by atoms with Gasteiger partial charge in [-0.3, -0.25) is 4.79 Å². The lowest BCUT2D eigenvalue weighted by atomic mass is 10.2. The molecule has 0 aliphatic carbocycles. The first kappa shape index (κ1) is 15.9. The number of nitrogens with zero attached hydrogens (tertiary/aromatic N) is 1. The molecule has 1 aromatic heterocycles. The van der Waals surface area contributed by atoms with E-state index in [2.05, 4.69) is 10.3 Å². The number of carbonyl (C=O) groups excluding carboxylic acids is 1. The Kier molecular flexibility index (Phi) is 5.73. The summed E-state index contributed by atoms with van der Waals surface area (Å²) in [5.41, 5.74) is 1.20. The molecule has 1 amide bonds. The molecule has 0 fully saturated rings. The number of benzene rings is 1. The Morgan fingerprint density at radius 3 is 2.95 bits per heavy atom. The molecular weight excluding hydrogens is 308 g/mol. The van der Waals surface area contributed by atoms with Crippen molar-refractivity contribution in [3.8, 4) is 10.6 Å². The minimum absolute atomic E-state index is 0.229. The van der Waals surface area contributed by atoms with E-state index in [0.717, 1.165) is 10.6 Å². The van der Waals surface area contributed by atoms with Gasteiger partial charge in [-0.2, -0.15) is 0 Å². The Hall–Kier alpha value is -1.43. The average molecular weight is 325 g/mol. The van der Waals surface area contributed by atoms with Crippen molar-refractivity contribution in [2.45, 2.75) is 25.9 Å². The highest BCUT2D eigenvalue weighted by atomic mass is 35.5. The van der Waals surface area contributed by atoms with Crippen LogP contribution < -0.4 is 5.32 Å². The fourth-order valence-electron chi connectivity index (χ4n) is 1.78. The van der Waals surface area contributed by atoms with Gasteiger partial charge in [0, 0.05) is 17.5 Å². The van der Waals surface area contributed by atoms with Gasteiger partial charge in [0.2, 0.25) is 0 Å². The van der Waals surface area contributed by atoms with E-state index in [9.17, 15) is 9.90 Å². The van der Waals surface area contributed by atoms with Crippen LogP contribution in [-0.2, 0) is 0 Å². The Labute approximate surface area is 132 Å². The van der Waals surface area contributed by atoms with Gasteiger partial charge in [-0.05, 0) is 18.9 Å². The summed E-state index contributed by atoms with van der Waals surface area (Å²) in [5.74, 6) is -0.229. The molecule has 0 saturated carbocycles. The third-order valence-corrected chi connectivity index (χ3v) is 4.28. The van der Waals surface area contributed by atoms with Crippen LogP contribution in [0.25, 0.3) is 10.6 Å². The first-order chi connectivity index (χ1) is 10.1. The highest BCUT2D eigenvalue weighted by Crippen LogP contribution is 2.29. The number of hydrogen-bond donors (Lipinski definition) is 2. The monoisotopic (exact) mass is 324 g/mol. The molecule has 0 bridgehead atoms. The third-order valence-electron chi connectivity index (χ3n) is 3.08. The zero-order valence-corrected chi connectivity index (χ0v) is 13.2. The molecule has 0 saturated heterocycles. The number of carbonyl (C=O) groups is 1. The van der Waals surface area contributed by atoms with Crippen molar-refractivity contribution in [3.05, 3.63) is 40.4 Å². The molecule has 0 aliphatic rings. The van der Waals surface area contributed by atoms with Crippen LogP contribution in [0.4, 0.5) is 0 Å². The van der Waals surface area contributed by atoms with Crippen LogP contribution >= 0.6 is 22.9 Å². The van der Waals surface area contributed by atoms with Crippen molar-refractivity contribution in [2.75, 3.05) is 6.54 Å². The predicted molar refractivity (Wildman–Crippen MR) is 85.8 cm³/mol. The fraction of sp³-hybridized carbons (Fsp3) is 0.333. The van der Waals surface area contributed by atoms with Crippen molar-refractivity contribution >= 4 is 28.8 Å². The summed E-state index contributed by atoms with van der Waals surface area (Å²) in [6.45, 7) is 2.34. The minimum atomic E-state index is -0.376. The summed E-state index contributed by atoms with van der Waals surface area (Å²) in [6, 6.07) is 7.41. The van der Waals surface area contributed by atoms with Gasteiger partial charge in [-0.1, -0.05) is 36.7 Å². The largest absolute Gasteiger partial charge is 0.393 e. The van der Waals surface area contributed by atoms with Gasteiger partial charge >= 0.3 is 0 Å². The average Bonchev–Trinajstić information content (AvgIpc) is 2.97. The number of aliphatic hydroxyl groups is 1. The quantitative estimate of drug-likeness (QED) is 0.856. The number of nitrogens with one attached hydrogen (secondary N) is 1. The van der Waals surface area contributed by atoms with Gasteiger partial charge in [0.25, 0.3) is 5.91 Å². The van der Waals surface area contributed by atoms with Crippen LogP contribution in [0.5, 0.6) is 0 Å². The molecule has 2 rings (SSSR count). The smallest absolute Gasteiger partial charge is 0.270 e. The van der Waals surface area contributed by atoms with E-state index in [1.807, 2.05) is 25.1 Å². The fourth-order valence-corrected chi connectivity index (χ4v) is 2.90. The summed E-state index contributed by atoms with van der Waals surface area (Å²) in [7, 11) is 0. The molecular formula is C15H17ClN2O2S. The molecule has 21 heavy (non-hydrogen) atoms. The number of rotatable bonds is 6. The van der Waals surface area contributed by atoms with Crippen LogP contribution in [0.15, 0.2) is 29.6 Å². The summed E-state index contributed by atoms with van der Waals surface area (Å²) >= 11 is 7.50. The highest BCUT2D eigenvalue weighted by Gasteiger charge is 2.13. The number of thiazole rings is 1. The number of aromatic nitrogens is 1. The molecule has 1 atom stereocenters. The number of hydrogen-bond acceptors (Lipinski definition) is 4. The van der Waals surface area contributed by atoms with Gasteiger partial charge in [-0.25, -0.2) is 4.98 Å². The molecule has 2 N–H and O–H groups in total. The second-order valence-electron chi connectivity index (χ2n) is 4.62. The van der Waals surface area contributed by atoms with E-state index in [-0.39, 0.29) is 12.0 Å². The first-order valence-electron chi connectivity index (χ1n) is 6.78. The Morgan fingerprint density at radius 2 is 2.24 bits per heavy atom. The van der Waals surface area contributed by atoms with E-state index in [0.29, 0.717) is 30.1 Å². The Balaban J connectivity index is 2.00. The van der Waals surface area contributed by atoms with Crippen LogP contribution in [0.2, 0.25) is 5.02 Å². The summed E-state index contributed by atoms with van der Waals surface area (Å²) < 4.78 is 0. The van der Waals surface area contributed by atoms with Gasteiger partial charge in [0.1, 0.15) is 10.7 Å². The molecule has 6 heteroatoms. The van der Waals surface area contributed by atoms with Crippen molar-refractivity contribution < 1.29 is 9.90 Å². The molecule has 112 valence electrons. The van der Waals surface area contributed by atoms with E-state index in [4.69, 9.17) is 11.6 Å². The lowest BCUT2D eigenvalue weighted by Crippen LogP contribution is -2.27. The van der Waals surface area contributed by atoms with Crippen LogP contribution in [0.1, 0.15) is 30.3 Å². The predicted octanol–water partition coefficient (Wildman–Crippen LogP) is 3.35. The topological polar surface area (TPSA) is 62.2 Å². The van der Waals surface area contributed by atoms with Crippen molar-refractivity contribution in [1.29, 1.82) is 0 Å². The van der Waals surface area contributed by atoms with Crippen LogP contribution in [0, 0.1) is 0 Å². The summed E-state index contributed by atoms with van der Waals surface area (Å²) in [6.07, 6.45) is 0.854. The number of aliphatic hydroxyl groups excluding tert-OH is 1. The minimum Gasteiger partial charge on any atom is -0.393 e. The van der Waals surface area contributed by atoms with Gasteiger partial charge < -0.3 is 10.4 Å². The maximum atomic E-state index is 12.0. The lowest BCUT2D eigenvalue weighted by molar-refractivity contribution is 0.0938. The second kappa shape index (κ2) is 7.54. The van der Waals surface area contributed by atoms with Gasteiger partial charge in [0.15, 0.2) is 0 Å². The molecule has 1 heterocycles. The van der Waals surface area contributed by atoms with Gasteiger partial charge in [-0.15, -0.1) is 11.3 Å². The second-order valence-corrected chi connectivity index (χ2v) is 5.89. The summed E-state index contributed by atoms with van der Waals surface area (Å²) in [4.78, 5) is 16.3. The SMILES string of the molecule is CCC(O)CCNC(=O)c1csc(-c2ccccc2Cl)n1. The lowest BCUT2D eigenvalue weighted by Gasteiger charge is -2.07. The molecule has 0 aliphatic heterocycles. The Bertz CT molecular complexity index is 615. The van der Waals surface area contributed by atoms with Crippen molar-refractivity contribution in [2.24, 2.45) is 0 Å². The highest BCUT2D eigenvalue weighted by molar-refractivity contribution is 7.13. The van der Waals surface area contributed by atoms with Crippen LogP contribution in [-0.4, -0.2) is 28.6 Å². The maximum Gasteiger partial charge on any atom is 0.270 e. The van der Waals surface area contributed by atoms with E-state index in [1.54, 1.807) is 11.4 Å². The van der Waals surface area contributed by atoms with Gasteiger partial charge in [0.05, 0.1) is 11.1 Å². The first-order valence-corrected chi connectivity index (χ1v) is 8.04. The summed E-state index contributed by atoms with van der Waals surface area (Å²) in [5, 5.41) is 15.3. The zero-order valence-electron chi connectivity index (χ0n) is 11.7. The number of halogens is 1. The van der Waals surface area contributed by atoms with Crippen molar-refractivity contribution in [1.82, 2.24) is 10.3 Å². The Morgan fingerprint density at radius 1 is 1.48 bits per heavy atom. The number of amides is 1. The maximum absolute atomic E-state index is 12.0. The molecule has 0 radical (unpaired) electrons.